The summed E-state index contributed by atoms with van der Waals surface area (Å²) in [6.45, 7) is 0. The zero-order valence-electron chi connectivity index (χ0n) is 20.5. The Balaban J connectivity index is 1.11. The van der Waals surface area contributed by atoms with Crippen LogP contribution in [-0.4, -0.2) is 0 Å². The molecule has 0 amide bonds. The van der Waals surface area contributed by atoms with Crippen LogP contribution in [0.5, 0.6) is 0 Å². The van der Waals surface area contributed by atoms with Crippen LogP contribution in [-0.2, 0) is 0 Å². The van der Waals surface area contributed by atoms with Gasteiger partial charge in [0.25, 0.3) is 0 Å². The van der Waals surface area contributed by atoms with Gasteiger partial charge in [0.2, 0.25) is 0 Å². The maximum absolute atomic E-state index is 3.52. The second kappa shape index (κ2) is 10.4. The summed E-state index contributed by atoms with van der Waals surface area (Å²) in [4.78, 5) is 0. The third kappa shape index (κ3) is 5.22. The normalized spacial score (nSPS) is 10.7. The van der Waals surface area contributed by atoms with Crippen molar-refractivity contribution in [1.29, 1.82) is 0 Å². The molecule has 1 N–H and O–H groups in total. The Hall–Kier alpha value is -4.88. The van der Waals surface area contributed by atoms with Gasteiger partial charge in [-0.2, -0.15) is 0 Å². The van der Waals surface area contributed by atoms with E-state index in [1.165, 1.54) is 44.5 Å². The summed E-state index contributed by atoms with van der Waals surface area (Å²) in [5, 5.41) is 3.52. The number of nitrogens with one attached hydrogen (secondary N) is 1. The smallest absolute Gasteiger partial charge is 0.0384 e. The van der Waals surface area contributed by atoms with E-state index in [0.29, 0.717) is 0 Å². The minimum absolute atomic E-state index is 1.07. The minimum Gasteiger partial charge on any atom is -0.356 e. The highest BCUT2D eigenvalue weighted by molar-refractivity contribution is 5.74. The second-order valence-corrected chi connectivity index (χ2v) is 9.17. The zero-order chi connectivity index (χ0) is 24.9. The topological polar surface area (TPSA) is 12.0 Å². The molecule has 0 aliphatic rings. The Morgan fingerprint density at radius 2 is 0.432 bits per heavy atom. The molecule has 37 heavy (non-hydrogen) atoms. The lowest BCUT2D eigenvalue weighted by molar-refractivity contribution is 1.53. The van der Waals surface area contributed by atoms with Gasteiger partial charge in [-0.05, 0) is 68.8 Å². The molecule has 0 saturated heterocycles. The van der Waals surface area contributed by atoms with Gasteiger partial charge in [-0.1, -0.05) is 133 Å². The van der Waals surface area contributed by atoms with Crippen molar-refractivity contribution < 1.29 is 0 Å². The van der Waals surface area contributed by atoms with Crippen LogP contribution in [0.3, 0.4) is 0 Å². The van der Waals surface area contributed by atoms with Gasteiger partial charge in [0.05, 0.1) is 0 Å². The summed E-state index contributed by atoms with van der Waals surface area (Å²) in [5.41, 5.74) is 11.9. The summed E-state index contributed by atoms with van der Waals surface area (Å²) >= 11 is 0. The van der Waals surface area contributed by atoms with Gasteiger partial charge in [0.1, 0.15) is 0 Å². The van der Waals surface area contributed by atoms with Crippen molar-refractivity contribution in [3.63, 3.8) is 0 Å². The van der Waals surface area contributed by atoms with Crippen LogP contribution in [0, 0.1) is 0 Å². The predicted octanol–water partition coefficient (Wildman–Crippen LogP) is 10.1. The number of anilines is 2. The second-order valence-electron chi connectivity index (χ2n) is 9.17. The monoisotopic (exact) mass is 473 g/mol. The van der Waals surface area contributed by atoms with Crippen molar-refractivity contribution in [2.75, 3.05) is 5.32 Å². The fraction of sp³-hybridized carbons (Fsp3) is 0. The molecule has 0 aliphatic heterocycles. The fourth-order valence-corrected chi connectivity index (χ4v) is 4.63. The van der Waals surface area contributed by atoms with Crippen molar-refractivity contribution in [3.8, 4) is 44.5 Å². The lowest BCUT2D eigenvalue weighted by Gasteiger charge is -2.10. The standard InChI is InChI=1S/C36H27N/c1-3-7-27(8-4-1)29-11-15-31(16-12-29)33-19-23-35(24-20-33)37-36-25-21-34(22-26-36)32-17-13-30(14-18-32)28-9-5-2-6-10-28/h1-26,37H. The molecule has 0 bridgehead atoms. The van der Waals surface area contributed by atoms with E-state index in [0.717, 1.165) is 11.4 Å². The van der Waals surface area contributed by atoms with E-state index >= 15 is 0 Å². The van der Waals surface area contributed by atoms with Crippen molar-refractivity contribution in [1.82, 2.24) is 0 Å². The molecule has 1 nitrogen and oxygen atoms in total. The van der Waals surface area contributed by atoms with Gasteiger partial charge >= 0.3 is 0 Å². The molecule has 1 heteroatoms. The first-order chi connectivity index (χ1) is 18.3. The molecular formula is C36H27N. The van der Waals surface area contributed by atoms with E-state index in [4.69, 9.17) is 0 Å². The lowest BCUT2D eigenvalue weighted by Crippen LogP contribution is -1.90. The Kier molecular flexibility index (Phi) is 6.34. The van der Waals surface area contributed by atoms with E-state index in [1.54, 1.807) is 0 Å². The molecule has 0 saturated carbocycles. The summed E-state index contributed by atoms with van der Waals surface area (Å²) < 4.78 is 0. The lowest BCUT2D eigenvalue weighted by atomic mass is 10.00. The molecule has 0 aromatic heterocycles. The van der Waals surface area contributed by atoms with Crippen molar-refractivity contribution >= 4 is 11.4 Å². The van der Waals surface area contributed by atoms with E-state index in [-0.39, 0.29) is 0 Å². The van der Waals surface area contributed by atoms with E-state index in [1.807, 2.05) is 12.1 Å². The molecular weight excluding hydrogens is 446 g/mol. The average Bonchev–Trinajstić information content (AvgIpc) is 2.99. The minimum atomic E-state index is 1.07. The molecule has 176 valence electrons. The van der Waals surface area contributed by atoms with E-state index in [2.05, 4.69) is 151 Å². The number of benzene rings is 6. The van der Waals surface area contributed by atoms with Gasteiger partial charge in [-0.25, -0.2) is 0 Å². The molecule has 0 fully saturated rings. The third-order valence-electron chi connectivity index (χ3n) is 6.71. The highest BCUT2D eigenvalue weighted by Crippen LogP contribution is 2.29. The van der Waals surface area contributed by atoms with Gasteiger partial charge in [-0.3, -0.25) is 0 Å². The third-order valence-corrected chi connectivity index (χ3v) is 6.71. The first kappa shape index (κ1) is 22.6. The van der Waals surface area contributed by atoms with Crippen LogP contribution in [0.4, 0.5) is 11.4 Å². The molecule has 0 aliphatic carbocycles. The largest absolute Gasteiger partial charge is 0.356 e. The molecule has 0 atom stereocenters. The molecule has 0 radical (unpaired) electrons. The van der Waals surface area contributed by atoms with Gasteiger partial charge in [-0.15, -0.1) is 0 Å². The maximum Gasteiger partial charge on any atom is 0.0384 e. The molecule has 0 unspecified atom stereocenters. The summed E-state index contributed by atoms with van der Waals surface area (Å²) in [6.07, 6.45) is 0. The summed E-state index contributed by atoms with van der Waals surface area (Å²) in [7, 11) is 0. The molecule has 0 spiro atoms. The SMILES string of the molecule is c1ccc(-c2ccc(-c3ccc(Nc4ccc(-c5ccc(-c6ccccc6)cc5)cc4)cc3)cc2)cc1. The Morgan fingerprint density at radius 3 is 0.703 bits per heavy atom. The predicted molar refractivity (Wildman–Crippen MR) is 158 cm³/mol. The first-order valence-electron chi connectivity index (χ1n) is 12.6. The Morgan fingerprint density at radius 1 is 0.216 bits per heavy atom. The molecule has 0 heterocycles. The number of hydrogen-bond donors (Lipinski definition) is 1. The Bertz CT molecular complexity index is 1440. The van der Waals surface area contributed by atoms with Crippen LogP contribution >= 0.6 is 0 Å². The highest BCUT2D eigenvalue weighted by Gasteiger charge is 2.03. The number of rotatable bonds is 6. The van der Waals surface area contributed by atoms with Gasteiger partial charge in [0.15, 0.2) is 0 Å². The number of hydrogen-bond acceptors (Lipinski definition) is 1. The van der Waals surface area contributed by atoms with Crippen molar-refractivity contribution in [3.05, 3.63) is 158 Å². The van der Waals surface area contributed by atoms with E-state index < -0.39 is 0 Å². The van der Waals surface area contributed by atoms with Crippen LogP contribution < -0.4 is 5.32 Å². The average molecular weight is 474 g/mol. The van der Waals surface area contributed by atoms with Gasteiger partial charge in [0, 0.05) is 11.4 Å². The van der Waals surface area contributed by atoms with Crippen molar-refractivity contribution in [2.24, 2.45) is 0 Å². The van der Waals surface area contributed by atoms with Gasteiger partial charge < -0.3 is 5.32 Å². The van der Waals surface area contributed by atoms with Crippen molar-refractivity contribution in [2.45, 2.75) is 0 Å². The maximum atomic E-state index is 3.52. The molecule has 6 rings (SSSR count). The fourth-order valence-electron chi connectivity index (χ4n) is 4.63. The molecule has 6 aromatic carbocycles. The van der Waals surface area contributed by atoms with Crippen LogP contribution in [0.25, 0.3) is 44.5 Å². The quantitative estimate of drug-likeness (QED) is 0.254. The summed E-state index contributed by atoms with van der Waals surface area (Å²) in [6, 6.07) is 55.7. The van der Waals surface area contributed by atoms with Crippen LogP contribution in [0.1, 0.15) is 0 Å². The summed E-state index contributed by atoms with van der Waals surface area (Å²) in [5.74, 6) is 0. The van der Waals surface area contributed by atoms with Crippen LogP contribution in [0.15, 0.2) is 158 Å². The molecule has 6 aromatic rings. The Labute approximate surface area is 218 Å². The van der Waals surface area contributed by atoms with E-state index in [9.17, 15) is 0 Å². The highest BCUT2D eigenvalue weighted by atomic mass is 14.9. The zero-order valence-corrected chi connectivity index (χ0v) is 20.5. The first-order valence-corrected chi connectivity index (χ1v) is 12.6. The van der Waals surface area contributed by atoms with Crippen LogP contribution in [0.2, 0.25) is 0 Å².